The molecule has 0 unspecified atom stereocenters. The Labute approximate surface area is 248 Å². The summed E-state index contributed by atoms with van der Waals surface area (Å²) in [6.07, 6.45) is 1.94. The molecule has 1 fully saturated rings. The van der Waals surface area contributed by atoms with Crippen LogP contribution in [0, 0.1) is 6.92 Å². The van der Waals surface area contributed by atoms with E-state index in [0.717, 1.165) is 33.3 Å². The first kappa shape index (κ1) is 27.2. The smallest absolute Gasteiger partial charge is 0.335 e. The fourth-order valence-electron chi connectivity index (χ4n) is 5.45. The van der Waals surface area contributed by atoms with Gasteiger partial charge in [0.2, 0.25) is 5.91 Å². The van der Waals surface area contributed by atoms with Crippen LogP contribution in [0.1, 0.15) is 45.9 Å². The van der Waals surface area contributed by atoms with Crippen molar-refractivity contribution in [3.05, 3.63) is 120 Å². The van der Waals surface area contributed by atoms with Crippen molar-refractivity contribution in [3.63, 3.8) is 0 Å². The highest BCUT2D eigenvalue weighted by Crippen LogP contribution is 2.41. The van der Waals surface area contributed by atoms with E-state index in [1.807, 2.05) is 84.6 Å². The number of anilines is 1. The van der Waals surface area contributed by atoms with Crippen LogP contribution < -0.4 is 10.6 Å². The molecule has 0 radical (unpaired) electrons. The largest absolute Gasteiger partial charge is 0.478 e. The highest BCUT2D eigenvalue weighted by Gasteiger charge is 2.41. The Bertz CT molecular complexity index is 1800. The highest BCUT2D eigenvalue weighted by molar-refractivity contribution is 7.80. The second kappa shape index (κ2) is 11.5. The van der Waals surface area contributed by atoms with E-state index in [1.54, 1.807) is 24.4 Å². The molecule has 1 saturated heterocycles. The third-order valence-electron chi connectivity index (χ3n) is 7.50. The second-order valence-corrected chi connectivity index (χ2v) is 10.6. The number of fused-ring (bicyclic) bond motifs is 1. The first-order valence-electron chi connectivity index (χ1n) is 13.6. The number of hydrogen-bond donors (Lipinski definition) is 3. The maximum atomic E-state index is 13.1. The van der Waals surface area contributed by atoms with Crippen molar-refractivity contribution < 1.29 is 19.1 Å². The van der Waals surface area contributed by atoms with Gasteiger partial charge in [0.15, 0.2) is 5.11 Å². The van der Waals surface area contributed by atoms with E-state index >= 15 is 0 Å². The number of amides is 1. The topological polar surface area (TPSA) is 108 Å². The maximum absolute atomic E-state index is 13.1. The lowest BCUT2D eigenvalue weighted by Gasteiger charge is -2.26. The summed E-state index contributed by atoms with van der Waals surface area (Å²) in [4.78, 5) is 31.1. The second-order valence-electron chi connectivity index (χ2n) is 10.2. The van der Waals surface area contributed by atoms with Crippen LogP contribution in [0.5, 0.6) is 0 Å². The highest BCUT2D eigenvalue weighted by atomic mass is 32.1. The molecule has 8 nitrogen and oxygen atoms in total. The van der Waals surface area contributed by atoms with Crippen molar-refractivity contribution in [2.45, 2.75) is 25.4 Å². The van der Waals surface area contributed by atoms with Gasteiger partial charge in [-0.2, -0.15) is 0 Å². The van der Waals surface area contributed by atoms with Crippen LogP contribution in [0.2, 0.25) is 0 Å². The van der Waals surface area contributed by atoms with E-state index in [1.165, 1.54) is 0 Å². The van der Waals surface area contributed by atoms with Gasteiger partial charge in [0.05, 0.1) is 17.3 Å². The molecular weight excluding hydrogens is 548 g/mol. The van der Waals surface area contributed by atoms with Crippen molar-refractivity contribution >= 4 is 45.7 Å². The molecule has 0 spiro atoms. The minimum absolute atomic E-state index is 0.122. The monoisotopic (exact) mass is 576 g/mol. The number of benzene rings is 3. The van der Waals surface area contributed by atoms with E-state index in [0.29, 0.717) is 23.2 Å². The molecule has 42 heavy (non-hydrogen) atoms. The van der Waals surface area contributed by atoms with E-state index in [4.69, 9.17) is 16.6 Å². The summed E-state index contributed by atoms with van der Waals surface area (Å²) in [6.45, 7) is 2.21. The Hall–Kier alpha value is -5.02. The zero-order chi connectivity index (χ0) is 29.2. The molecule has 9 heteroatoms. The molecule has 210 valence electrons. The van der Waals surface area contributed by atoms with Crippen molar-refractivity contribution in [1.29, 1.82) is 0 Å². The average molecular weight is 577 g/mol. The third kappa shape index (κ3) is 5.34. The molecule has 1 amide bonds. The fourth-order valence-corrected chi connectivity index (χ4v) is 5.79. The average Bonchev–Trinajstić information content (AvgIpc) is 3.61. The van der Waals surface area contributed by atoms with Gasteiger partial charge in [0, 0.05) is 35.8 Å². The number of carboxylic acid groups (broad SMARTS) is 1. The summed E-state index contributed by atoms with van der Waals surface area (Å²) in [7, 11) is 0. The van der Waals surface area contributed by atoms with E-state index in [2.05, 4.69) is 15.6 Å². The molecule has 0 saturated carbocycles. The standard InChI is InChI=1S/C33H28N4O4S/c1-20-19-22(32(39)40)12-13-23(20)27-14-15-28(41-27)31-30(26-10-4-5-17-34-26)36-33(42)37(31)18-16-29(38)35-25-11-6-8-21-7-2-3-9-24(21)25/h2-15,17,19,30-31H,16,18H2,1H3,(H,35,38)(H,36,42)(H,39,40)/t30-,31+/m1/s1. The summed E-state index contributed by atoms with van der Waals surface area (Å²) >= 11 is 5.76. The molecule has 0 aliphatic carbocycles. The Balaban J connectivity index is 1.26. The van der Waals surface area contributed by atoms with Gasteiger partial charge in [-0.1, -0.05) is 48.5 Å². The van der Waals surface area contributed by atoms with E-state index < -0.39 is 5.97 Å². The van der Waals surface area contributed by atoms with Crippen LogP contribution in [0.3, 0.4) is 0 Å². The number of carbonyl (C=O) groups is 2. The first-order valence-corrected chi connectivity index (χ1v) is 14.0. The molecular formula is C33H28N4O4S. The van der Waals surface area contributed by atoms with Crippen molar-refractivity contribution in [2.75, 3.05) is 11.9 Å². The molecule has 3 N–H and O–H groups in total. The van der Waals surface area contributed by atoms with Gasteiger partial charge >= 0.3 is 5.97 Å². The summed E-state index contributed by atoms with van der Waals surface area (Å²) in [5, 5.41) is 18.3. The number of carboxylic acids is 1. The minimum atomic E-state index is -0.978. The number of rotatable bonds is 8. The number of furan rings is 1. The van der Waals surface area contributed by atoms with Crippen LogP contribution >= 0.6 is 12.2 Å². The summed E-state index contributed by atoms with van der Waals surface area (Å²) in [6, 6.07) is 27.6. The zero-order valence-corrected chi connectivity index (χ0v) is 23.6. The number of aryl methyl sites for hydroxylation is 1. The van der Waals surface area contributed by atoms with E-state index in [-0.39, 0.29) is 30.0 Å². The fraction of sp³-hybridized carbons (Fsp3) is 0.152. The molecule has 2 atom stereocenters. The van der Waals surface area contributed by atoms with Gasteiger partial charge in [0.1, 0.15) is 17.6 Å². The van der Waals surface area contributed by atoms with Crippen LogP contribution in [0.25, 0.3) is 22.1 Å². The molecule has 5 aromatic rings. The Morgan fingerprint density at radius 3 is 2.62 bits per heavy atom. The molecule has 1 aliphatic rings. The lowest BCUT2D eigenvalue weighted by molar-refractivity contribution is -0.116. The van der Waals surface area contributed by atoms with Crippen LogP contribution in [0.4, 0.5) is 5.69 Å². The Kier molecular flexibility index (Phi) is 7.41. The van der Waals surface area contributed by atoms with Gasteiger partial charge in [-0.05, 0) is 72.6 Å². The quantitative estimate of drug-likeness (QED) is 0.180. The minimum Gasteiger partial charge on any atom is -0.478 e. The molecule has 6 rings (SSSR count). The van der Waals surface area contributed by atoms with Gasteiger partial charge in [-0.25, -0.2) is 4.79 Å². The summed E-state index contributed by atoms with van der Waals surface area (Å²) in [5.74, 6) is 0.173. The van der Waals surface area contributed by atoms with E-state index in [9.17, 15) is 14.7 Å². The number of nitrogens with one attached hydrogen (secondary N) is 2. The third-order valence-corrected chi connectivity index (χ3v) is 7.85. The number of pyridine rings is 1. The van der Waals surface area contributed by atoms with Gasteiger partial charge in [-0.15, -0.1) is 0 Å². The number of hydrogen-bond acceptors (Lipinski definition) is 5. The molecule has 0 bridgehead atoms. The molecule has 2 aromatic heterocycles. The molecule has 3 heterocycles. The first-order chi connectivity index (χ1) is 20.4. The number of nitrogens with zero attached hydrogens (tertiary/aromatic N) is 2. The molecule has 1 aliphatic heterocycles. The Morgan fingerprint density at radius 2 is 1.83 bits per heavy atom. The number of thiocarbonyl (C=S) groups is 1. The van der Waals surface area contributed by atoms with Crippen LogP contribution in [-0.2, 0) is 4.79 Å². The lowest BCUT2D eigenvalue weighted by atomic mass is 10.0. The van der Waals surface area contributed by atoms with Gasteiger partial charge in [-0.3, -0.25) is 9.78 Å². The molecule has 3 aromatic carbocycles. The van der Waals surface area contributed by atoms with Crippen LogP contribution in [0.15, 0.2) is 102 Å². The number of aromatic carboxylic acids is 1. The SMILES string of the molecule is Cc1cc(C(=O)O)ccc1-c1ccc([C@H]2[C@@H](c3ccccn3)NC(=S)N2CCC(=O)Nc2cccc3ccccc23)o1. The van der Waals surface area contributed by atoms with Crippen LogP contribution in [-0.4, -0.2) is 38.5 Å². The normalized spacial score (nSPS) is 16.4. The number of carbonyl (C=O) groups excluding carboxylic acids is 1. The van der Waals surface area contributed by atoms with Crippen molar-refractivity contribution in [3.8, 4) is 11.3 Å². The van der Waals surface area contributed by atoms with Crippen molar-refractivity contribution in [1.82, 2.24) is 15.2 Å². The van der Waals surface area contributed by atoms with Crippen molar-refractivity contribution in [2.24, 2.45) is 0 Å². The number of aromatic nitrogens is 1. The zero-order valence-electron chi connectivity index (χ0n) is 22.8. The van der Waals surface area contributed by atoms with Gasteiger partial charge < -0.3 is 25.1 Å². The predicted molar refractivity (Wildman–Crippen MR) is 165 cm³/mol. The predicted octanol–water partition coefficient (Wildman–Crippen LogP) is 6.50. The lowest BCUT2D eigenvalue weighted by Crippen LogP contribution is -2.32. The van der Waals surface area contributed by atoms with Gasteiger partial charge in [0.25, 0.3) is 0 Å². The maximum Gasteiger partial charge on any atom is 0.335 e. The Morgan fingerprint density at radius 1 is 1.02 bits per heavy atom. The summed E-state index contributed by atoms with van der Waals surface area (Å²) < 4.78 is 6.40. The summed E-state index contributed by atoms with van der Waals surface area (Å²) in [5.41, 5.74) is 3.38.